The average Bonchev–Trinajstić information content (AvgIpc) is 2.47. The first kappa shape index (κ1) is 19.3. The van der Waals surface area contributed by atoms with Crippen LogP contribution in [0.2, 0.25) is 0 Å². The van der Waals surface area contributed by atoms with E-state index in [0.29, 0.717) is 0 Å². The Morgan fingerprint density at radius 1 is 0.808 bits per heavy atom. The quantitative estimate of drug-likeness (QED) is 0.279. The summed E-state index contributed by atoms with van der Waals surface area (Å²) in [5, 5.41) is 0. The van der Waals surface area contributed by atoms with E-state index in [1.807, 2.05) is 0 Å². The molecule has 0 amide bonds. The number of hydrazine groups is 1. The van der Waals surface area contributed by atoms with Crippen LogP contribution in [-0.4, -0.2) is 12.7 Å². The number of nitrogen functional groups attached to an aromatic ring is 3. The molecule has 0 heterocycles. The van der Waals surface area contributed by atoms with E-state index >= 15 is 0 Å². The van der Waals surface area contributed by atoms with Gasteiger partial charge in [0, 0.05) is 22.9 Å². The summed E-state index contributed by atoms with van der Waals surface area (Å²) in [6.07, 6.45) is -10.3. The lowest BCUT2D eigenvalue weighted by molar-refractivity contribution is -0.276. The topological polar surface area (TPSA) is 109 Å². The molecule has 0 bridgehead atoms. The monoisotopic (exact) mass is 382 g/mol. The van der Waals surface area contributed by atoms with Crippen molar-refractivity contribution < 1.29 is 35.8 Å². The third-order valence-electron chi connectivity index (χ3n) is 3.09. The van der Waals surface area contributed by atoms with E-state index in [2.05, 4.69) is 14.9 Å². The van der Waals surface area contributed by atoms with Crippen molar-refractivity contribution >= 4 is 17.1 Å². The molecule has 0 fully saturated rings. The van der Waals surface area contributed by atoms with E-state index in [1.54, 1.807) is 0 Å². The van der Waals surface area contributed by atoms with Crippen LogP contribution in [0, 0.1) is 0 Å². The summed E-state index contributed by atoms with van der Waals surface area (Å²) in [5.74, 6) is 3.39. The SMILES string of the molecule is NNc1ccc(-c2ccc(N)cc2OC(F)(F)F)c(OC(F)(F)F)c1N. The van der Waals surface area contributed by atoms with Crippen molar-refractivity contribution in [3.8, 4) is 22.6 Å². The van der Waals surface area contributed by atoms with Gasteiger partial charge in [0.05, 0.1) is 5.69 Å². The van der Waals surface area contributed by atoms with E-state index in [1.165, 1.54) is 12.1 Å². The molecule has 0 saturated carbocycles. The lowest BCUT2D eigenvalue weighted by atomic mass is 10.0. The Balaban J connectivity index is 2.70. The average molecular weight is 382 g/mol. The first-order valence-corrected chi connectivity index (χ1v) is 6.72. The molecule has 26 heavy (non-hydrogen) atoms. The third kappa shape index (κ3) is 4.53. The van der Waals surface area contributed by atoms with Gasteiger partial charge in [-0.25, -0.2) is 0 Å². The van der Waals surface area contributed by atoms with Crippen molar-refractivity contribution in [2.45, 2.75) is 12.7 Å². The second-order valence-electron chi connectivity index (χ2n) is 4.90. The maximum absolute atomic E-state index is 12.7. The predicted molar refractivity (Wildman–Crippen MR) is 81.9 cm³/mol. The van der Waals surface area contributed by atoms with Crippen LogP contribution in [0.1, 0.15) is 0 Å². The van der Waals surface area contributed by atoms with Crippen molar-refractivity contribution in [1.82, 2.24) is 0 Å². The molecule has 2 aromatic carbocycles. The first-order valence-electron chi connectivity index (χ1n) is 6.72. The fraction of sp³-hybridized carbons (Fsp3) is 0.143. The summed E-state index contributed by atoms with van der Waals surface area (Å²) in [7, 11) is 0. The highest BCUT2D eigenvalue weighted by atomic mass is 19.4. The molecular formula is C14H12F6N4O2. The summed E-state index contributed by atoms with van der Waals surface area (Å²) in [6, 6.07) is 5.25. The Bertz CT molecular complexity index is 807. The molecule has 0 spiro atoms. The Kier molecular flexibility index (Phi) is 4.98. The maximum atomic E-state index is 12.7. The molecule has 0 aromatic heterocycles. The minimum absolute atomic E-state index is 0.0977. The van der Waals surface area contributed by atoms with E-state index in [0.717, 1.165) is 18.2 Å². The number of hydrogen-bond donors (Lipinski definition) is 4. The molecule has 6 nitrogen and oxygen atoms in total. The smallest absolute Gasteiger partial charge is 0.405 e. The minimum atomic E-state index is -5.16. The highest BCUT2D eigenvalue weighted by Crippen LogP contribution is 2.45. The van der Waals surface area contributed by atoms with Crippen LogP contribution >= 0.6 is 0 Å². The molecule has 12 heteroatoms. The Morgan fingerprint density at radius 3 is 1.92 bits per heavy atom. The van der Waals surface area contributed by atoms with E-state index in [-0.39, 0.29) is 16.9 Å². The lowest BCUT2D eigenvalue weighted by Gasteiger charge is -2.20. The van der Waals surface area contributed by atoms with Gasteiger partial charge in [-0.2, -0.15) is 0 Å². The van der Waals surface area contributed by atoms with Crippen LogP contribution in [-0.2, 0) is 0 Å². The van der Waals surface area contributed by atoms with E-state index in [9.17, 15) is 26.3 Å². The lowest BCUT2D eigenvalue weighted by Crippen LogP contribution is -2.20. The number of benzene rings is 2. The molecule has 0 aliphatic heterocycles. The van der Waals surface area contributed by atoms with Crippen molar-refractivity contribution in [2.24, 2.45) is 5.84 Å². The molecular weight excluding hydrogens is 370 g/mol. The van der Waals surface area contributed by atoms with Gasteiger partial charge in [-0.05, 0) is 24.3 Å². The second-order valence-corrected chi connectivity index (χ2v) is 4.90. The van der Waals surface area contributed by atoms with Crippen LogP contribution < -0.4 is 32.2 Å². The molecule has 2 rings (SSSR count). The number of hydrogen-bond acceptors (Lipinski definition) is 6. The van der Waals surface area contributed by atoms with Gasteiger partial charge in [-0.1, -0.05) is 0 Å². The first-order chi connectivity index (χ1) is 11.9. The van der Waals surface area contributed by atoms with Crippen molar-refractivity contribution in [3.05, 3.63) is 30.3 Å². The van der Waals surface area contributed by atoms with E-state index in [4.69, 9.17) is 17.3 Å². The van der Waals surface area contributed by atoms with E-state index < -0.39 is 35.5 Å². The number of alkyl halides is 6. The number of nitrogens with two attached hydrogens (primary N) is 3. The molecule has 7 N–H and O–H groups in total. The minimum Gasteiger partial charge on any atom is -0.405 e. The molecule has 2 aromatic rings. The molecule has 142 valence electrons. The van der Waals surface area contributed by atoms with Crippen LogP contribution in [0.4, 0.5) is 43.4 Å². The summed E-state index contributed by atoms with van der Waals surface area (Å²) in [6.45, 7) is 0. The number of anilines is 3. The number of rotatable bonds is 4. The van der Waals surface area contributed by atoms with Crippen LogP contribution in [0.15, 0.2) is 30.3 Å². The van der Waals surface area contributed by atoms with Crippen molar-refractivity contribution in [2.75, 3.05) is 16.9 Å². The largest absolute Gasteiger partial charge is 0.573 e. The Morgan fingerprint density at radius 2 is 1.38 bits per heavy atom. The third-order valence-corrected chi connectivity index (χ3v) is 3.09. The number of ether oxygens (including phenoxy) is 2. The zero-order valence-corrected chi connectivity index (χ0v) is 12.7. The summed E-state index contributed by atoms with van der Waals surface area (Å²) in [5.41, 5.74) is 11.5. The Hall–Kier alpha value is -3.02. The zero-order chi connectivity index (χ0) is 19.7. The van der Waals surface area contributed by atoms with Gasteiger partial charge in [0.1, 0.15) is 11.4 Å². The highest BCUT2D eigenvalue weighted by molar-refractivity contribution is 5.87. The molecule has 0 atom stereocenters. The van der Waals surface area contributed by atoms with Crippen LogP contribution in [0.25, 0.3) is 11.1 Å². The zero-order valence-electron chi connectivity index (χ0n) is 12.7. The van der Waals surface area contributed by atoms with Crippen LogP contribution in [0.5, 0.6) is 11.5 Å². The molecule has 0 aliphatic rings. The molecule has 0 unspecified atom stereocenters. The van der Waals surface area contributed by atoms with Gasteiger partial charge < -0.3 is 26.4 Å². The fourth-order valence-corrected chi connectivity index (χ4v) is 2.13. The van der Waals surface area contributed by atoms with Gasteiger partial charge in [-0.3, -0.25) is 5.84 Å². The summed E-state index contributed by atoms with van der Waals surface area (Å²) < 4.78 is 83.8. The Labute approximate surface area is 142 Å². The molecule has 0 saturated heterocycles. The fourth-order valence-electron chi connectivity index (χ4n) is 2.13. The van der Waals surface area contributed by atoms with Gasteiger partial charge in [-0.15, -0.1) is 26.3 Å². The van der Waals surface area contributed by atoms with Crippen LogP contribution in [0.3, 0.4) is 0 Å². The standard InChI is InChI=1S/C14H12F6N4O2/c15-13(16,17)25-10-5-6(21)1-2-7(10)8-3-4-9(24-23)11(22)12(8)26-14(18,19)20/h1-5,24H,21-23H2. The number of nitrogens with one attached hydrogen (secondary N) is 1. The summed E-state index contributed by atoms with van der Waals surface area (Å²) in [4.78, 5) is 0. The van der Waals surface area contributed by atoms with Gasteiger partial charge in [0.25, 0.3) is 0 Å². The van der Waals surface area contributed by atoms with Crippen molar-refractivity contribution in [1.29, 1.82) is 0 Å². The van der Waals surface area contributed by atoms with Gasteiger partial charge in [0.2, 0.25) is 0 Å². The normalized spacial score (nSPS) is 12.0. The second kappa shape index (κ2) is 6.71. The van der Waals surface area contributed by atoms with Crippen molar-refractivity contribution in [3.63, 3.8) is 0 Å². The molecule has 0 aliphatic carbocycles. The highest BCUT2D eigenvalue weighted by Gasteiger charge is 2.36. The summed E-state index contributed by atoms with van der Waals surface area (Å²) >= 11 is 0. The van der Waals surface area contributed by atoms with Gasteiger partial charge >= 0.3 is 12.7 Å². The maximum Gasteiger partial charge on any atom is 0.573 e. The number of halogens is 6. The molecule has 0 radical (unpaired) electrons. The van der Waals surface area contributed by atoms with Gasteiger partial charge in [0.15, 0.2) is 5.75 Å². The predicted octanol–water partition coefficient (Wildman–Crippen LogP) is 3.60.